The van der Waals surface area contributed by atoms with E-state index in [1.807, 2.05) is 56.3 Å². The number of amides is 1. The molecule has 0 atom stereocenters. The first kappa shape index (κ1) is 16.4. The van der Waals surface area contributed by atoms with Gasteiger partial charge in [0.2, 0.25) is 5.91 Å². The third-order valence-electron chi connectivity index (χ3n) is 3.44. The predicted molar refractivity (Wildman–Crippen MR) is 90.7 cm³/mol. The average molecular weight is 318 g/mol. The van der Waals surface area contributed by atoms with Crippen LogP contribution in [0.4, 0.5) is 5.69 Å². The maximum absolute atomic E-state index is 11.9. The summed E-state index contributed by atoms with van der Waals surface area (Å²) in [6, 6.07) is 13.3. The Kier molecular flexibility index (Phi) is 5.84. The Balaban J connectivity index is 1.76. The van der Waals surface area contributed by atoms with Gasteiger partial charge in [-0.3, -0.25) is 4.79 Å². The molecule has 0 aromatic heterocycles. The van der Waals surface area contributed by atoms with Crippen LogP contribution in [0.25, 0.3) is 0 Å². The molecular weight excluding hydrogens is 298 g/mol. The molecule has 0 bridgehead atoms. The Labute approximate surface area is 136 Å². The molecule has 0 aliphatic carbocycles. The van der Waals surface area contributed by atoms with Gasteiger partial charge in [0.05, 0.1) is 6.61 Å². The van der Waals surface area contributed by atoms with Gasteiger partial charge in [-0.25, -0.2) is 0 Å². The van der Waals surface area contributed by atoms with Gasteiger partial charge < -0.3 is 10.1 Å². The highest BCUT2D eigenvalue weighted by Crippen LogP contribution is 2.23. The van der Waals surface area contributed by atoms with E-state index in [1.165, 1.54) is 0 Å². The highest BCUT2D eigenvalue weighted by atomic mass is 35.5. The highest BCUT2D eigenvalue weighted by Gasteiger charge is 2.07. The molecule has 0 aliphatic heterocycles. The van der Waals surface area contributed by atoms with Crippen molar-refractivity contribution in [2.75, 3.05) is 11.9 Å². The number of carbonyl (C=O) groups excluding carboxylic acids is 1. The summed E-state index contributed by atoms with van der Waals surface area (Å²) in [6.07, 6.45) is 1.08. The second-order valence-corrected chi connectivity index (χ2v) is 5.59. The van der Waals surface area contributed by atoms with E-state index >= 15 is 0 Å². The zero-order valence-electron chi connectivity index (χ0n) is 12.9. The zero-order valence-corrected chi connectivity index (χ0v) is 13.6. The lowest BCUT2D eigenvalue weighted by Gasteiger charge is -2.10. The van der Waals surface area contributed by atoms with E-state index in [-0.39, 0.29) is 5.91 Å². The standard InChI is InChI=1S/C18H20ClNO2/c1-13-7-3-4-10-17(13)22-12-6-11-18(21)20-16-9-5-8-15(19)14(16)2/h3-5,7-10H,6,11-12H2,1-2H3,(H,20,21). The van der Waals surface area contributed by atoms with Crippen LogP contribution in [0, 0.1) is 13.8 Å². The molecule has 2 aromatic rings. The van der Waals surface area contributed by atoms with E-state index in [9.17, 15) is 4.79 Å². The summed E-state index contributed by atoms with van der Waals surface area (Å²) in [4.78, 5) is 11.9. The van der Waals surface area contributed by atoms with Gasteiger partial charge in [-0.2, -0.15) is 0 Å². The maximum Gasteiger partial charge on any atom is 0.224 e. The number of benzene rings is 2. The second kappa shape index (κ2) is 7.85. The van der Waals surface area contributed by atoms with Crippen LogP contribution < -0.4 is 10.1 Å². The summed E-state index contributed by atoms with van der Waals surface area (Å²) in [5.74, 6) is 0.840. The van der Waals surface area contributed by atoms with Crippen LogP contribution in [-0.2, 0) is 4.79 Å². The van der Waals surface area contributed by atoms with E-state index in [0.717, 1.165) is 22.6 Å². The van der Waals surface area contributed by atoms with Crippen molar-refractivity contribution in [2.24, 2.45) is 0 Å². The molecule has 1 N–H and O–H groups in total. The topological polar surface area (TPSA) is 38.3 Å². The van der Waals surface area contributed by atoms with E-state index in [0.29, 0.717) is 24.5 Å². The first-order chi connectivity index (χ1) is 10.6. The van der Waals surface area contributed by atoms with Crippen LogP contribution >= 0.6 is 11.6 Å². The van der Waals surface area contributed by atoms with Crippen molar-refractivity contribution < 1.29 is 9.53 Å². The fourth-order valence-corrected chi connectivity index (χ4v) is 2.26. The molecule has 0 fully saturated rings. The van der Waals surface area contributed by atoms with Gasteiger partial charge in [0, 0.05) is 17.1 Å². The normalized spacial score (nSPS) is 10.3. The summed E-state index contributed by atoms with van der Waals surface area (Å²) in [5.41, 5.74) is 2.74. The van der Waals surface area contributed by atoms with Crippen molar-refractivity contribution in [1.82, 2.24) is 0 Å². The van der Waals surface area contributed by atoms with Crippen molar-refractivity contribution in [3.05, 3.63) is 58.6 Å². The number of ether oxygens (including phenoxy) is 1. The van der Waals surface area contributed by atoms with Gasteiger partial charge >= 0.3 is 0 Å². The molecule has 1 amide bonds. The number of aryl methyl sites for hydroxylation is 1. The molecule has 0 spiro atoms. The molecular formula is C18H20ClNO2. The first-order valence-corrected chi connectivity index (χ1v) is 7.69. The van der Waals surface area contributed by atoms with Crippen LogP contribution in [0.1, 0.15) is 24.0 Å². The van der Waals surface area contributed by atoms with Gasteiger partial charge in [0.15, 0.2) is 0 Å². The number of hydrogen-bond acceptors (Lipinski definition) is 2. The fourth-order valence-electron chi connectivity index (χ4n) is 2.09. The monoisotopic (exact) mass is 317 g/mol. The Morgan fingerprint density at radius 1 is 1.14 bits per heavy atom. The number of anilines is 1. The lowest BCUT2D eigenvalue weighted by molar-refractivity contribution is -0.116. The number of halogens is 1. The summed E-state index contributed by atoms with van der Waals surface area (Å²) in [6.45, 7) is 4.41. The van der Waals surface area contributed by atoms with Gasteiger partial charge in [-0.05, 0) is 49.6 Å². The van der Waals surface area contributed by atoms with Crippen molar-refractivity contribution >= 4 is 23.2 Å². The Bertz CT molecular complexity index is 655. The van der Waals surface area contributed by atoms with Gasteiger partial charge in [-0.15, -0.1) is 0 Å². The van der Waals surface area contributed by atoms with E-state index < -0.39 is 0 Å². The fraction of sp³-hybridized carbons (Fsp3) is 0.278. The Morgan fingerprint density at radius 2 is 1.91 bits per heavy atom. The van der Waals surface area contributed by atoms with Crippen molar-refractivity contribution in [3.63, 3.8) is 0 Å². The molecule has 2 aromatic carbocycles. The van der Waals surface area contributed by atoms with Crippen LogP contribution in [0.2, 0.25) is 5.02 Å². The lowest BCUT2D eigenvalue weighted by Crippen LogP contribution is -2.13. The minimum Gasteiger partial charge on any atom is -0.493 e. The molecule has 116 valence electrons. The Hall–Kier alpha value is -2.00. The number of nitrogens with one attached hydrogen (secondary N) is 1. The molecule has 4 heteroatoms. The quantitative estimate of drug-likeness (QED) is 0.780. The maximum atomic E-state index is 11.9. The third-order valence-corrected chi connectivity index (χ3v) is 3.85. The van der Waals surface area contributed by atoms with E-state index in [1.54, 1.807) is 0 Å². The van der Waals surface area contributed by atoms with Crippen molar-refractivity contribution in [3.8, 4) is 5.75 Å². The summed E-state index contributed by atoms with van der Waals surface area (Å²) in [7, 11) is 0. The average Bonchev–Trinajstić information content (AvgIpc) is 2.50. The molecule has 0 saturated heterocycles. The molecule has 0 heterocycles. The largest absolute Gasteiger partial charge is 0.493 e. The third kappa shape index (κ3) is 4.50. The van der Waals surface area contributed by atoms with Gasteiger partial charge in [0.25, 0.3) is 0 Å². The molecule has 22 heavy (non-hydrogen) atoms. The van der Waals surface area contributed by atoms with Crippen LogP contribution in [0.3, 0.4) is 0 Å². The van der Waals surface area contributed by atoms with Gasteiger partial charge in [-0.1, -0.05) is 35.9 Å². The van der Waals surface area contributed by atoms with Crippen molar-refractivity contribution in [2.45, 2.75) is 26.7 Å². The number of rotatable bonds is 6. The summed E-state index contributed by atoms with van der Waals surface area (Å²) in [5, 5.41) is 3.54. The lowest BCUT2D eigenvalue weighted by atomic mass is 10.2. The van der Waals surface area contributed by atoms with E-state index in [2.05, 4.69) is 5.32 Å². The predicted octanol–water partition coefficient (Wildman–Crippen LogP) is 4.75. The highest BCUT2D eigenvalue weighted by molar-refractivity contribution is 6.31. The molecule has 0 unspecified atom stereocenters. The van der Waals surface area contributed by atoms with Crippen LogP contribution in [0.5, 0.6) is 5.75 Å². The molecule has 0 aliphatic rings. The van der Waals surface area contributed by atoms with Crippen LogP contribution in [0.15, 0.2) is 42.5 Å². The SMILES string of the molecule is Cc1ccccc1OCCCC(=O)Nc1cccc(Cl)c1C. The smallest absolute Gasteiger partial charge is 0.224 e. The minimum atomic E-state index is -0.0289. The number of hydrogen-bond donors (Lipinski definition) is 1. The minimum absolute atomic E-state index is 0.0289. The molecule has 0 radical (unpaired) electrons. The second-order valence-electron chi connectivity index (χ2n) is 5.18. The summed E-state index contributed by atoms with van der Waals surface area (Å²) < 4.78 is 5.68. The molecule has 0 saturated carbocycles. The first-order valence-electron chi connectivity index (χ1n) is 7.31. The van der Waals surface area contributed by atoms with Crippen molar-refractivity contribution in [1.29, 1.82) is 0 Å². The van der Waals surface area contributed by atoms with Crippen LogP contribution in [-0.4, -0.2) is 12.5 Å². The molecule has 2 rings (SSSR count). The van der Waals surface area contributed by atoms with Gasteiger partial charge in [0.1, 0.15) is 5.75 Å². The zero-order chi connectivity index (χ0) is 15.9. The summed E-state index contributed by atoms with van der Waals surface area (Å²) >= 11 is 6.04. The van der Waals surface area contributed by atoms with E-state index in [4.69, 9.17) is 16.3 Å². The Morgan fingerprint density at radius 3 is 2.68 bits per heavy atom. The number of carbonyl (C=O) groups is 1. The number of para-hydroxylation sites is 1. The molecule has 3 nitrogen and oxygen atoms in total.